The number of hydrogen-bond acceptors (Lipinski definition) is 2. The molecule has 0 aromatic carbocycles. The van der Waals surface area contributed by atoms with E-state index >= 15 is 0 Å². The SMILES string of the molecule is S=S=S=S=S=S=S=S=S=S=S=S=S=S=S=S=S=S=S=S=S=S=S=S=S=S=S=S=S=S=S=S=S=S=S=S=S=S=S=S=S=S=S=S=S=S=S=S=S=S=S=S=S=S=S=S=S=S=S=S=S=S=S=S=S=S=S=S=S=S=S=S=S=S=S=S=S=S=S=S=S=S=S=S=S=S=S=S=S=S=S=S=S=S=S=S=S=S=S=S=S=S=S=S=S=S=S=S=S=S=S=S=S=S=S=S=S=S=S=S=S=S=S=S=S=S=S=S=S=S. The topological polar surface area (TPSA) is 0 Å². The average Bonchev–Trinajstić information content (AvgIpc) is 1.16. The van der Waals surface area contributed by atoms with Crippen molar-refractivity contribution in [2.24, 2.45) is 0 Å². The van der Waals surface area contributed by atoms with Crippen molar-refractivity contribution in [3.8, 4) is 0 Å². The van der Waals surface area contributed by atoms with Crippen molar-refractivity contribution in [3.05, 3.63) is 0 Å². The van der Waals surface area contributed by atoms with Crippen molar-refractivity contribution in [2.45, 2.75) is 0 Å². The quantitative estimate of drug-likeness (QED) is 0.327. The van der Waals surface area contributed by atoms with Crippen LogP contribution < -0.4 is 0 Å². The van der Waals surface area contributed by atoms with Gasteiger partial charge in [0.25, 0.3) is 0 Å². The normalized spacial score (nSPS) is 7.91. The summed E-state index contributed by atoms with van der Waals surface area (Å²) in [6, 6.07) is 0. The standard InChI is InChI=1S/S130/c1-3-5-7-9-11-13-15-17-19-21-23-25-27-29-31-33-35-37-39-41-43-45-47-49-51-53-55-57-59-61-63-65-67-69-71-73-75-77-79-81-83-85-87-89-91-93-95-97-99-101-103-105-107-109-111-113-115-117-119-121-123-125-127-129-130-128-126-124-122-120-118-116-114-112-110-108-106-104-102-100-98-96-94-92-90-88-86-84-82-80-78-76-74-72-70-68-66-64-62-60-58-56-54-52-50-48-46-44-42-40-38-36-34-32-30-28-26-24-22-20-18-16-14-12-10-8-6-4-2. The Hall–Kier alpha value is 28.6. The fourth-order valence-corrected chi connectivity index (χ4v) is 347. The first-order valence-corrected chi connectivity index (χ1v) is 193. The van der Waals surface area contributed by atoms with Crippen LogP contribution >= 0.6 is 0 Å². The lowest BCUT2D eigenvalue weighted by Gasteiger charge is -1.41. The third-order valence-electron chi connectivity index (χ3n) is 3.53. The highest BCUT2D eigenvalue weighted by Gasteiger charge is 1.54. The van der Waals surface area contributed by atoms with Crippen LogP contribution in [0.5, 0.6) is 0 Å². The van der Waals surface area contributed by atoms with Crippen LogP contribution in [0.4, 0.5) is 0 Å². The molecular weight excluding hydrogens is 4170 g/mol. The van der Waals surface area contributed by atoms with Crippen LogP contribution in [0.3, 0.4) is 0 Å². The third kappa shape index (κ3) is 157. The molecule has 0 aliphatic rings. The Morgan fingerprint density at radius 3 is 0.0846 bits per heavy atom. The van der Waals surface area contributed by atoms with Crippen LogP contribution in [0, 0.1) is 0 Å². The maximum atomic E-state index is 4.83. The first kappa shape index (κ1) is 159. The van der Waals surface area contributed by atoms with Gasteiger partial charge in [-0.05, 0) is 0 Å². The van der Waals surface area contributed by atoms with Crippen molar-refractivity contribution >= 4 is 1160 Å². The molecule has 130 heavy (non-hydrogen) atoms. The van der Waals surface area contributed by atoms with Gasteiger partial charge in [-0.1, -0.05) is 0 Å². The molecule has 130 heteroatoms. The van der Waals surface area contributed by atoms with Gasteiger partial charge in [0.2, 0.25) is 0 Å². The number of hydrogen-bond donors (Lipinski definition) is 0. The summed E-state index contributed by atoms with van der Waals surface area (Å²) in [5.41, 5.74) is 0. The van der Waals surface area contributed by atoms with Crippen LogP contribution in [0.25, 0.3) is 0 Å². The van der Waals surface area contributed by atoms with Gasteiger partial charge < -0.3 is 0 Å². The zero-order valence-electron chi connectivity index (χ0n) is 53.1. The molecule has 0 amide bonds. The number of rotatable bonds is 0. The first-order chi connectivity index (χ1) is 64.9. The highest BCUT2D eigenvalue weighted by molar-refractivity contribution is 8.90. The first-order valence-electron chi connectivity index (χ1n) is 21.5. The van der Waals surface area contributed by atoms with Gasteiger partial charge in [-0.25, -0.2) is 0 Å². The highest BCUT2D eigenvalue weighted by atomic mass is 33.6. The molecule has 0 aromatic heterocycles. The zero-order chi connectivity index (χ0) is 92.5. The molecule has 0 bridgehead atoms. The minimum absolute atomic E-state index is 1.37. The lowest BCUT2D eigenvalue weighted by Crippen LogP contribution is -1.42. The largest absolute Gasteiger partial charge is 0 e. The van der Waals surface area contributed by atoms with Gasteiger partial charge in [0.05, 0.1) is 0 Å². The second-order valence-electron chi connectivity index (χ2n) is 8.71. The molecule has 0 nitrogen and oxygen atoms in total. The van der Waals surface area contributed by atoms with Gasteiger partial charge in [0.15, 0.2) is 0 Å². The van der Waals surface area contributed by atoms with Gasteiger partial charge >= 0.3 is 0 Å². The summed E-state index contributed by atoms with van der Waals surface area (Å²) in [6.07, 6.45) is 0. The average molecular weight is 4170 g/mol. The maximum absolute atomic E-state index is 4.83. The van der Waals surface area contributed by atoms with Crippen LogP contribution in [-0.4, -0.2) is 0 Å². The van der Waals surface area contributed by atoms with Crippen LogP contribution in [0.1, 0.15) is 0 Å². The molecule has 0 heterocycles. The van der Waals surface area contributed by atoms with E-state index in [1.165, 1.54) is 17.8 Å². The predicted molar refractivity (Wildman–Crippen MR) is 957 cm³/mol. The summed E-state index contributed by atoms with van der Waals surface area (Å²) < 4.78 is 0. The van der Waals surface area contributed by atoms with E-state index in [2.05, 4.69) is 0 Å². The molecule has 0 unspecified atom stereocenters. The van der Waals surface area contributed by atoms with E-state index in [1.54, 1.807) is 107 Å². The molecular formula is S130. The Morgan fingerprint density at radius 2 is 0.0615 bits per heavy atom. The van der Waals surface area contributed by atoms with E-state index in [1.807, 2.05) is 1010 Å². The summed E-state index contributed by atoms with van der Waals surface area (Å²) >= 11 is 9.67. The Morgan fingerprint density at radius 1 is 0.0385 bits per heavy atom. The summed E-state index contributed by atoms with van der Waals surface area (Å²) in [7, 11) is 232. The van der Waals surface area contributed by atoms with Gasteiger partial charge in [-0.3, -0.25) is 0 Å². The molecule has 0 saturated carbocycles. The third-order valence-corrected chi connectivity index (χ3v) is 286. The van der Waals surface area contributed by atoms with Crippen molar-refractivity contribution < 1.29 is 0 Å². The second-order valence-corrected chi connectivity index (χ2v) is 235. The Kier molecular flexibility index (Phi) is 192. The molecule has 0 aromatic rings. The van der Waals surface area contributed by atoms with Crippen LogP contribution in [0.2, 0.25) is 0 Å². The fourth-order valence-electron chi connectivity index (χ4n) is 1.43. The summed E-state index contributed by atoms with van der Waals surface area (Å²) in [5, 5.41) is 0. The van der Waals surface area contributed by atoms with E-state index in [9.17, 15) is 0 Å². The Balaban J connectivity index is 6.20. The van der Waals surface area contributed by atoms with Crippen molar-refractivity contribution in [2.75, 3.05) is 0 Å². The molecule has 0 atom stereocenters. The van der Waals surface area contributed by atoms with E-state index in [0.29, 0.717) is 0 Å². The minimum Gasteiger partial charge on any atom is 0 e. The molecule has 0 spiro atoms. The summed E-state index contributed by atoms with van der Waals surface area (Å²) in [5.74, 6) is 0. The molecule has 0 fully saturated rings. The Bertz CT molecular complexity index is 9700. The molecule has 0 aliphatic heterocycles. The van der Waals surface area contributed by atoms with Crippen molar-refractivity contribution in [1.82, 2.24) is 0 Å². The van der Waals surface area contributed by atoms with E-state index in [4.69, 9.17) is 22.4 Å². The minimum atomic E-state index is 1.37. The highest BCUT2D eigenvalue weighted by Crippen LogP contribution is 1.53. The van der Waals surface area contributed by atoms with E-state index in [-0.39, 0.29) is 0 Å². The fraction of sp³-hybridized carbons (Fsp3) is 0. The Labute approximate surface area is 1120 Å². The lowest BCUT2D eigenvalue weighted by molar-refractivity contribution is 5.95. The molecule has 0 N–H and O–H groups in total. The molecule has 0 aliphatic carbocycles. The van der Waals surface area contributed by atoms with Gasteiger partial charge in [0.1, 0.15) is 0 Å². The van der Waals surface area contributed by atoms with Crippen molar-refractivity contribution in [3.63, 3.8) is 0 Å². The molecule has 780 valence electrons. The van der Waals surface area contributed by atoms with E-state index < -0.39 is 0 Å². The second kappa shape index (κ2) is 158. The van der Waals surface area contributed by atoms with Crippen LogP contribution in [0.15, 0.2) is 0 Å². The van der Waals surface area contributed by atoms with Gasteiger partial charge in [0, 0.05) is 1160 Å². The maximum Gasteiger partial charge on any atom is 0 e. The van der Waals surface area contributed by atoms with E-state index in [0.717, 1.165) is 0 Å². The summed E-state index contributed by atoms with van der Waals surface area (Å²) in [6.45, 7) is 0. The van der Waals surface area contributed by atoms with Crippen LogP contribution in [-0.2, 0) is 1160 Å². The van der Waals surface area contributed by atoms with Gasteiger partial charge in [-0.2, -0.15) is 0 Å². The summed E-state index contributed by atoms with van der Waals surface area (Å²) in [4.78, 5) is 0. The molecule has 0 rings (SSSR count). The monoisotopic (exact) mass is 4160 g/mol. The smallest absolute Gasteiger partial charge is 0 e. The predicted octanol–water partition coefficient (Wildman–Crippen LogP) is -0.312. The molecule has 0 saturated heterocycles. The van der Waals surface area contributed by atoms with Crippen molar-refractivity contribution in [1.29, 1.82) is 0 Å². The lowest BCUT2D eigenvalue weighted by atomic mass is 30.7. The molecule has 0 radical (unpaired) electrons. The zero-order valence-corrected chi connectivity index (χ0v) is 159. The van der Waals surface area contributed by atoms with Gasteiger partial charge in [-0.15, -0.1) is 0 Å².